The second-order valence-electron chi connectivity index (χ2n) is 6.40. The van der Waals surface area contributed by atoms with Crippen LogP contribution in [0.3, 0.4) is 0 Å². The quantitative estimate of drug-likeness (QED) is 0.540. The van der Waals surface area contributed by atoms with Crippen molar-refractivity contribution in [3.8, 4) is 0 Å². The fraction of sp³-hybridized carbons (Fsp3) is 0.429. The predicted octanol–water partition coefficient (Wildman–Crippen LogP) is 4.22. The van der Waals surface area contributed by atoms with Crippen molar-refractivity contribution in [2.45, 2.75) is 51.5 Å². The number of carbonyl (C=O) groups is 2. The summed E-state index contributed by atoms with van der Waals surface area (Å²) in [5.74, 6) is -0.717. The van der Waals surface area contributed by atoms with Crippen molar-refractivity contribution >= 4 is 11.9 Å². The van der Waals surface area contributed by atoms with Crippen LogP contribution < -0.4 is 0 Å². The maximum Gasteiger partial charge on any atom is 0.335 e. The molecule has 1 N–H and O–H groups in total. The Morgan fingerprint density at radius 1 is 1.28 bits per heavy atom. The highest BCUT2D eigenvalue weighted by molar-refractivity contribution is 5.87. The zero-order chi connectivity index (χ0) is 18.1. The largest absolute Gasteiger partial charge is 0.478 e. The number of hydrogen-bond donors (Lipinski definition) is 1. The molecule has 2 rings (SSSR count). The van der Waals surface area contributed by atoms with Gasteiger partial charge in [0.1, 0.15) is 0 Å². The van der Waals surface area contributed by atoms with Gasteiger partial charge in [-0.15, -0.1) is 0 Å². The van der Waals surface area contributed by atoms with Crippen molar-refractivity contribution in [1.82, 2.24) is 4.90 Å². The highest BCUT2D eigenvalue weighted by atomic mass is 16.4. The summed E-state index contributed by atoms with van der Waals surface area (Å²) in [7, 11) is 0. The normalized spacial score (nSPS) is 17.9. The van der Waals surface area contributed by atoms with Crippen molar-refractivity contribution < 1.29 is 14.7 Å². The number of rotatable bonds is 9. The summed E-state index contributed by atoms with van der Waals surface area (Å²) in [5, 5.41) is 8.93. The van der Waals surface area contributed by atoms with Gasteiger partial charge >= 0.3 is 5.97 Å². The molecule has 25 heavy (non-hydrogen) atoms. The van der Waals surface area contributed by atoms with Crippen LogP contribution in [0.25, 0.3) is 0 Å². The van der Waals surface area contributed by atoms with Gasteiger partial charge in [-0.3, -0.25) is 4.79 Å². The molecule has 1 saturated heterocycles. The number of nitrogens with zero attached hydrogens (tertiary/aromatic N) is 1. The maximum absolute atomic E-state index is 12.1. The van der Waals surface area contributed by atoms with Crippen molar-refractivity contribution in [3.05, 3.63) is 59.7 Å². The molecule has 0 aliphatic carbocycles. The Bertz CT molecular complexity index is 631. The molecule has 4 nitrogen and oxygen atoms in total. The maximum atomic E-state index is 12.1. The van der Waals surface area contributed by atoms with E-state index in [2.05, 4.69) is 25.2 Å². The van der Waals surface area contributed by atoms with Crippen molar-refractivity contribution in [1.29, 1.82) is 0 Å². The number of carboxylic acids is 1. The van der Waals surface area contributed by atoms with E-state index in [9.17, 15) is 9.59 Å². The van der Waals surface area contributed by atoms with Crippen LogP contribution in [0.15, 0.2) is 48.6 Å². The van der Waals surface area contributed by atoms with Gasteiger partial charge in [-0.2, -0.15) is 0 Å². The first-order valence-corrected chi connectivity index (χ1v) is 9.07. The highest BCUT2D eigenvalue weighted by Gasteiger charge is 2.28. The van der Waals surface area contributed by atoms with E-state index < -0.39 is 5.97 Å². The number of carbonyl (C=O) groups excluding carboxylic acids is 1. The molecule has 1 heterocycles. The minimum absolute atomic E-state index is 0.168. The molecule has 1 aromatic carbocycles. The van der Waals surface area contributed by atoms with Gasteiger partial charge in [0.2, 0.25) is 5.91 Å². The molecule has 1 aliphatic rings. The van der Waals surface area contributed by atoms with E-state index in [0.717, 1.165) is 24.8 Å². The minimum atomic E-state index is -0.918. The molecule has 1 aliphatic heterocycles. The molecule has 1 fully saturated rings. The molecule has 0 spiro atoms. The fourth-order valence-corrected chi connectivity index (χ4v) is 3.00. The number of carboxylic acid groups (broad SMARTS) is 1. The lowest BCUT2D eigenvalue weighted by Crippen LogP contribution is -2.33. The van der Waals surface area contributed by atoms with Gasteiger partial charge in [-0.1, -0.05) is 56.2 Å². The Morgan fingerprint density at radius 3 is 2.72 bits per heavy atom. The summed E-state index contributed by atoms with van der Waals surface area (Å²) in [6.07, 6.45) is 14.1. The number of aromatic carboxylic acids is 1. The van der Waals surface area contributed by atoms with Crippen LogP contribution in [0.2, 0.25) is 0 Å². The van der Waals surface area contributed by atoms with Gasteiger partial charge in [-0.25, -0.2) is 4.79 Å². The number of allylic oxidation sites excluding steroid dienone is 3. The average Bonchev–Trinajstić information content (AvgIpc) is 2.96. The zero-order valence-corrected chi connectivity index (χ0v) is 14.9. The third kappa shape index (κ3) is 5.89. The highest BCUT2D eigenvalue weighted by Crippen LogP contribution is 2.20. The molecule has 0 saturated carbocycles. The minimum Gasteiger partial charge on any atom is -0.478 e. The van der Waals surface area contributed by atoms with Crippen LogP contribution in [0.5, 0.6) is 0 Å². The third-order valence-corrected chi connectivity index (χ3v) is 4.52. The molecule has 0 radical (unpaired) electrons. The average molecular weight is 341 g/mol. The third-order valence-electron chi connectivity index (χ3n) is 4.52. The van der Waals surface area contributed by atoms with Crippen LogP contribution in [-0.4, -0.2) is 34.5 Å². The van der Waals surface area contributed by atoms with Crippen LogP contribution in [-0.2, 0) is 11.2 Å². The Hall–Kier alpha value is -2.36. The first-order valence-electron chi connectivity index (χ1n) is 9.07. The van der Waals surface area contributed by atoms with E-state index in [1.807, 2.05) is 23.1 Å². The Labute approximate surface area is 149 Å². The van der Waals surface area contributed by atoms with E-state index in [1.165, 1.54) is 12.8 Å². The fourth-order valence-electron chi connectivity index (χ4n) is 3.00. The lowest BCUT2D eigenvalue weighted by molar-refractivity contribution is -0.128. The van der Waals surface area contributed by atoms with Crippen LogP contribution in [0, 0.1) is 0 Å². The number of hydrogen-bond acceptors (Lipinski definition) is 2. The smallest absolute Gasteiger partial charge is 0.335 e. The van der Waals surface area contributed by atoms with E-state index >= 15 is 0 Å². The van der Waals surface area contributed by atoms with Crippen molar-refractivity contribution in [2.75, 3.05) is 6.54 Å². The van der Waals surface area contributed by atoms with Crippen LogP contribution >= 0.6 is 0 Å². The Kier molecular flexibility index (Phi) is 7.45. The van der Waals surface area contributed by atoms with Gasteiger partial charge in [0.15, 0.2) is 0 Å². The molecule has 4 heteroatoms. The van der Waals surface area contributed by atoms with E-state index in [4.69, 9.17) is 5.11 Å². The second-order valence-corrected chi connectivity index (χ2v) is 6.40. The van der Waals surface area contributed by atoms with Crippen LogP contribution in [0.1, 0.15) is 54.9 Å². The molecule has 1 aromatic rings. The Morgan fingerprint density at radius 2 is 2.04 bits per heavy atom. The number of unbranched alkanes of at least 4 members (excludes halogenated alkanes) is 2. The molecule has 0 unspecified atom stereocenters. The summed E-state index contributed by atoms with van der Waals surface area (Å²) in [4.78, 5) is 24.9. The van der Waals surface area contributed by atoms with E-state index in [1.54, 1.807) is 12.1 Å². The zero-order valence-electron chi connectivity index (χ0n) is 14.9. The van der Waals surface area contributed by atoms with Crippen LogP contribution in [0.4, 0.5) is 0 Å². The van der Waals surface area contributed by atoms with Gasteiger partial charge < -0.3 is 10.0 Å². The first-order chi connectivity index (χ1) is 12.1. The van der Waals surface area contributed by atoms with Gasteiger partial charge in [0, 0.05) is 13.0 Å². The van der Waals surface area contributed by atoms with Gasteiger partial charge in [0.05, 0.1) is 11.6 Å². The van der Waals surface area contributed by atoms with Crippen molar-refractivity contribution in [3.63, 3.8) is 0 Å². The summed E-state index contributed by atoms with van der Waals surface area (Å²) < 4.78 is 0. The monoisotopic (exact) mass is 341 g/mol. The second kappa shape index (κ2) is 9.82. The molecular weight excluding hydrogens is 314 g/mol. The number of amides is 1. The molecule has 134 valence electrons. The summed E-state index contributed by atoms with van der Waals surface area (Å²) >= 11 is 0. The summed E-state index contributed by atoms with van der Waals surface area (Å²) in [6, 6.07) is 7.04. The first kappa shape index (κ1) is 19.0. The molecule has 1 amide bonds. The summed E-state index contributed by atoms with van der Waals surface area (Å²) in [5.41, 5.74) is 1.34. The number of likely N-dealkylation sites (tertiary alicyclic amines) is 1. The van der Waals surface area contributed by atoms with Crippen molar-refractivity contribution in [2.24, 2.45) is 0 Å². The number of benzene rings is 1. The SMILES string of the molecule is CCCC/C=C/C=C/[C@H]1CCC(=O)N1CCc1ccc(C(=O)O)cc1. The lowest BCUT2D eigenvalue weighted by atomic mass is 10.1. The van der Waals surface area contributed by atoms with Gasteiger partial charge in [0.25, 0.3) is 0 Å². The topological polar surface area (TPSA) is 57.6 Å². The van der Waals surface area contributed by atoms with E-state index in [0.29, 0.717) is 13.0 Å². The molecule has 0 bridgehead atoms. The van der Waals surface area contributed by atoms with E-state index in [-0.39, 0.29) is 17.5 Å². The molecular formula is C21H27NO3. The molecule has 1 atom stereocenters. The Balaban J connectivity index is 1.87. The predicted molar refractivity (Wildman–Crippen MR) is 99.6 cm³/mol. The summed E-state index contributed by atoms with van der Waals surface area (Å²) in [6.45, 7) is 2.85. The molecule has 0 aromatic heterocycles. The van der Waals surface area contributed by atoms with Gasteiger partial charge in [-0.05, 0) is 37.0 Å². The lowest BCUT2D eigenvalue weighted by Gasteiger charge is -2.22. The standard InChI is InChI=1S/C21H27NO3/c1-2-3-4-5-6-7-8-19-13-14-20(23)22(19)16-15-17-9-11-18(12-10-17)21(24)25/h5-12,19H,2-4,13-16H2,1H3,(H,24,25)/b6-5+,8-7+/t19-/m0/s1.